The smallest absolute Gasteiger partial charge is 0.0771 e. The number of hydrogen-bond acceptors (Lipinski definition) is 3. The van der Waals surface area contributed by atoms with Gasteiger partial charge in [0, 0.05) is 18.6 Å². The van der Waals surface area contributed by atoms with Gasteiger partial charge in [-0.15, -0.1) is 0 Å². The van der Waals surface area contributed by atoms with Crippen LogP contribution < -0.4 is 5.32 Å². The van der Waals surface area contributed by atoms with Crippen molar-refractivity contribution in [3.8, 4) is 0 Å². The molecule has 2 unspecified atom stereocenters. The second-order valence-corrected chi connectivity index (χ2v) is 6.66. The summed E-state index contributed by atoms with van der Waals surface area (Å²) in [4.78, 5) is 2.66. The molecule has 0 bridgehead atoms. The molecule has 0 radical (unpaired) electrons. The molecule has 0 aromatic rings. The fourth-order valence-electron chi connectivity index (χ4n) is 3.98. The largest absolute Gasteiger partial charge is 0.389 e. The summed E-state index contributed by atoms with van der Waals surface area (Å²) in [5.41, 5.74) is -0.476. The van der Waals surface area contributed by atoms with Gasteiger partial charge >= 0.3 is 0 Å². The number of nitrogens with one attached hydrogen (secondary N) is 1. The Morgan fingerprint density at radius 2 is 1.89 bits per heavy atom. The molecule has 0 saturated carbocycles. The molecule has 0 aromatic heterocycles. The zero-order valence-corrected chi connectivity index (χ0v) is 12.8. The monoisotopic (exact) mass is 268 g/mol. The first-order chi connectivity index (χ1) is 9.17. The highest BCUT2D eigenvalue weighted by Crippen LogP contribution is 2.27. The Hall–Kier alpha value is -0.120. The van der Waals surface area contributed by atoms with Crippen molar-refractivity contribution in [2.75, 3.05) is 19.6 Å². The molecule has 2 atom stereocenters. The highest BCUT2D eigenvalue weighted by Gasteiger charge is 2.33. The number of fused-ring (bicyclic) bond motifs is 1. The highest BCUT2D eigenvalue weighted by atomic mass is 16.3. The Labute approximate surface area is 118 Å². The van der Waals surface area contributed by atoms with E-state index in [9.17, 15) is 5.11 Å². The number of hydrogen-bond donors (Lipinski definition) is 2. The lowest BCUT2D eigenvalue weighted by atomic mass is 9.91. The number of aliphatic hydroxyl groups is 1. The fourth-order valence-corrected chi connectivity index (χ4v) is 3.98. The lowest BCUT2D eigenvalue weighted by Crippen LogP contribution is -2.50. The summed E-state index contributed by atoms with van der Waals surface area (Å²) in [5, 5.41) is 14.3. The van der Waals surface area contributed by atoms with Crippen molar-refractivity contribution in [3.63, 3.8) is 0 Å². The maximum Gasteiger partial charge on any atom is 0.0771 e. The van der Waals surface area contributed by atoms with Crippen LogP contribution in [0.1, 0.15) is 65.2 Å². The van der Waals surface area contributed by atoms with E-state index in [0.29, 0.717) is 6.04 Å². The Balaban J connectivity index is 1.77. The van der Waals surface area contributed by atoms with Crippen LogP contribution in [0.5, 0.6) is 0 Å². The maximum atomic E-state index is 10.7. The predicted octanol–water partition coefficient (Wildman–Crippen LogP) is 2.53. The van der Waals surface area contributed by atoms with Gasteiger partial charge in [0.15, 0.2) is 0 Å². The summed E-state index contributed by atoms with van der Waals surface area (Å²) in [6.07, 6.45) is 9.29. The molecule has 3 nitrogen and oxygen atoms in total. The van der Waals surface area contributed by atoms with E-state index in [4.69, 9.17) is 0 Å². The molecule has 2 saturated heterocycles. The quantitative estimate of drug-likeness (QED) is 0.745. The summed E-state index contributed by atoms with van der Waals surface area (Å²) in [5.74, 6) is 0. The lowest BCUT2D eigenvalue weighted by molar-refractivity contribution is 0.0159. The van der Waals surface area contributed by atoms with Crippen LogP contribution >= 0.6 is 0 Å². The first kappa shape index (κ1) is 15.3. The van der Waals surface area contributed by atoms with Crippen molar-refractivity contribution in [3.05, 3.63) is 0 Å². The Bertz CT molecular complexity index is 263. The molecule has 2 N–H and O–H groups in total. The van der Waals surface area contributed by atoms with Gasteiger partial charge in [-0.3, -0.25) is 0 Å². The van der Waals surface area contributed by atoms with Crippen LogP contribution in [0, 0.1) is 0 Å². The molecule has 0 spiro atoms. The van der Waals surface area contributed by atoms with E-state index in [1.165, 1.54) is 38.8 Å². The van der Waals surface area contributed by atoms with Crippen molar-refractivity contribution in [1.29, 1.82) is 0 Å². The van der Waals surface area contributed by atoms with Gasteiger partial charge in [-0.25, -0.2) is 0 Å². The first-order valence-electron chi connectivity index (χ1n) is 8.36. The van der Waals surface area contributed by atoms with E-state index in [0.717, 1.165) is 38.3 Å². The van der Waals surface area contributed by atoms with E-state index in [-0.39, 0.29) is 0 Å². The third-order valence-electron chi connectivity index (χ3n) is 4.97. The van der Waals surface area contributed by atoms with Gasteiger partial charge in [-0.05, 0) is 51.6 Å². The number of piperidine rings is 1. The Morgan fingerprint density at radius 3 is 2.58 bits per heavy atom. The predicted molar refractivity (Wildman–Crippen MR) is 80.4 cm³/mol. The van der Waals surface area contributed by atoms with E-state index < -0.39 is 5.60 Å². The van der Waals surface area contributed by atoms with Gasteiger partial charge in [-0.2, -0.15) is 0 Å². The molecule has 0 aliphatic carbocycles. The van der Waals surface area contributed by atoms with Crippen molar-refractivity contribution in [1.82, 2.24) is 10.2 Å². The van der Waals surface area contributed by atoms with Gasteiger partial charge in [0.2, 0.25) is 0 Å². The molecule has 2 aliphatic rings. The summed E-state index contributed by atoms with van der Waals surface area (Å²) in [6.45, 7) is 7.68. The molecular weight excluding hydrogens is 236 g/mol. The standard InChI is InChI=1S/C16H32N2O/c1-3-8-16(19,9-4-2)13-17-14-7-11-18-10-5-6-15(18)12-14/h14-15,17,19H,3-13H2,1-2H3. The summed E-state index contributed by atoms with van der Waals surface area (Å²) in [7, 11) is 0. The van der Waals surface area contributed by atoms with Gasteiger partial charge in [0.1, 0.15) is 0 Å². The average Bonchev–Trinajstić information content (AvgIpc) is 2.84. The van der Waals surface area contributed by atoms with E-state index >= 15 is 0 Å². The molecular formula is C16H32N2O. The van der Waals surface area contributed by atoms with Gasteiger partial charge < -0.3 is 15.3 Å². The minimum Gasteiger partial charge on any atom is -0.389 e. The normalized spacial score (nSPS) is 28.6. The number of nitrogens with zero attached hydrogens (tertiary/aromatic N) is 1. The minimum atomic E-state index is -0.476. The van der Waals surface area contributed by atoms with E-state index in [1.54, 1.807) is 0 Å². The zero-order valence-electron chi connectivity index (χ0n) is 12.8. The molecule has 0 aromatic carbocycles. The molecule has 3 heteroatoms. The van der Waals surface area contributed by atoms with Crippen LogP contribution in [0.25, 0.3) is 0 Å². The average molecular weight is 268 g/mol. The van der Waals surface area contributed by atoms with Gasteiger partial charge in [-0.1, -0.05) is 26.7 Å². The second kappa shape index (κ2) is 7.05. The Morgan fingerprint density at radius 1 is 1.16 bits per heavy atom. The third kappa shape index (κ3) is 4.17. The SMILES string of the molecule is CCCC(O)(CCC)CNC1CCN2CCCC2C1. The lowest BCUT2D eigenvalue weighted by Gasteiger charge is -2.37. The van der Waals surface area contributed by atoms with Crippen LogP contribution in [0.2, 0.25) is 0 Å². The van der Waals surface area contributed by atoms with Crippen molar-refractivity contribution in [2.24, 2.45) is 0 Å². The van der Waals surface area contributed by atoms with E-state index in [1.807, 2.05) is 0 Å². The topological polar surface area (TPSA) is 35.5 Å². The Kier molecular flexibility index (Phi) is 5.67. The summed E-state index contributed by atoms with van der Waals surface area (Å²) in [6, 6.07) is 1.44. The molecule has 2 aliphatic heterocycles. The van der Waals surface area contributed by atoms with Crippen molar-refractivity contribution < 1.29 is 5.11 Å². The van der Waals surface area contributed by atoms with Crippen molar-refractivity contribution in [2.45, 2.75) is 82.9 Å². The third-order valence-corrected chi connectivity index (χ3v) is 4.97. The van der Waals surface area contributed by atoms with Crippen LogP contribution in [0.4, 0.5) is 0 Å². The molecule has 2 heterocycles. The van der Waals surface area contributed by atoms with Gasteiger partial charge in [0.05, 0.1) is 5.60 Å². The molecule has 19 heavy (non-hydrogen) atoms. The first-order valence-corrected chi connectivity index (χ1v) is 8.36. The van der Waals surface area contributed by atoms with E-state index in [2.05, 4.69) is 24.1 Å². The maximum absolute atomic E-state index is 10.7. The molecule has 112 valence electrons. The van der Waals surface area contributed by atoms with Gasteiger partial charge in [0.25, 0.3) is 0 Å². The molecule has 0 amide bonds. The van der Waals surface area contributed by atoms with Crippen LogP contribution in [0.3, 0.4) is 0 Å². The summed E-state index contributed by atoms with van der Waals surface area (Å²) >= 11 is 0. The van der Waals surface area contributed by atoms with Crippen LogP contribution in [0.15, 0.2) is 0 Å². The fraction of sp³-hybridized carbons (Fsp3) is 1.00. The zero-order chi connectivity index (χ0) is 13.7. The van der Waals surface area contributed by atoms with Crippen LogP contribution in [-0.2, 0) is 0 Å². The second-order valence-electron chi connectivity index (χ2n) is 6.66. The summed E-state index contributed by atoms with van der Waals surface area (Å²) < 4.78 is 0. The molecule has 2 fully saturated rings. The minimum absolute atomic E-state index is 0.476. The van der Waals surface area contributed by atoms with Crippen molar-refractivity contribution >= 4 is 0 Å². The van der Waals surface area contributed by atoms with Crippen LogP contribution in [-0.4, -0.2) is 47.3 Å². The highest BCUT2D eigenvalue weighted by molar-refractivity contribution is 4.91. The molecule has 2 rings (SSSR count). The number of rotatable bonds is 7.